The first-order valence-corrected chi connectivity index (χ1v) is 7.46. The summed E-state index contributed by atoms with van der Waals surface area (Å²) in [6, 6.07) is 13.7. The molecule has 0 spiro atoms. The van der Waals surface area contributed by atoms with E-state index in [1.54, 1.807) is 0 Å². The summed E-state index contributed by atoms with van der Waals surface area (Å²) in [5.74, 6) is 0.736. The second-order valence-corrected chi connectivity index (χ2v) is 5.43. The minimum atomic E-state index is 0.665. The molecule has 0 radical (unpaired) electrons. The predicted molar refractivity (Wildman–Crippen MR) is 90.2 cm³/mol. The Morgan fingerprint density at radius 3 is 2.67 bits per heavy atom. The van der Waals surface area contributed by atoms with Gasteiger partial charge in [0.05, 0.1) is 12.3 Å². The molecule has 0 atom stereocenters. The van der Waals surface area contributed by atoms with E-state index < -0.39 is 0 Å². The first-order chi connectivity index (χ1) is 10.1. The average Bonchev–Trinajstić information content (AvgIpc) is 2.48. The summed E-state index contributed by atoms with van der Waals surface area (Å²) in [6.45, 7) is 3.47. The molecule has 21 heavy (non-hydrogen) atoms. The molecule has 0 heterocycles. The Morgan fingerprint density at radius 2 is 1.95 bits per heavy atom. The monoisotopic (exact) mass is 304 g/mol. The van der Waals surface area contributed by atoms with Crippen molar-refractivity contribution in [2.45, 2.75) is 19.9 Å². The molecule has 0 amide bonds. The number of hydrogen-bond acceptors (Lipinski definition) is 3. The van der Waals surface area contributed by atoms with Gasteiger partial charge in [0.2, 0.25) is 0 Å². The van der Waals surface area contributed by atoms with Crippen LogP contribution < -0.4 is 15.4 Å². The topological polar surface area (TPSA) is 38.5 Å². The van der Waals surface area contributed by atoms with Crippen LogP contribution in [0, 0.1) is 0 Å². The predicted octanol–water partition coefficient (Wildman–Crippen LogP) is 4.35. The standard InChI is InChI=1S/C17H21ClN2O/c1-3-10-21-17-11-14(8-9-16(17)19)20(2)12-13-6-4-5-7-15(13)18/h4-9,11H,3,10,12,19H2,1-2H3. The highest BCUT2D eigenvalue weighted by Crippen LogP contribution is 2.28. The Bertz CT molecular complexity index is 601. The molecule has 0 aliphatic rings. The summed E-state index contributed by atoms with van der Waals surface area (Å²) in [5.41, 5.74) is 8.75. The van der Waals surface area contributed by atoms with Crippen molar-refractivity contribution in [2.24, 2.45) is 0 Å². The molecule has 0 aromatic heterocycles. The maximum atomic E-state index is 6.21. The maximum absolute atomic E-state index is 6.21. The number of ether oxygens (including phenoxy) is 1. The lowest BCUT2D eigenvalue weighted by molar-refractivity contribution is 0.319. The number of nitrogen functional groups attached to an aromatic ring is 1. The van der Waals surface area contributed by atoms with E-state index >= 15 is 0 Å². The summed E-state index contributed by atoms with van der Waals surface area (Å²) < 4.78 is 5.67. The molecule has 0 bridgehead atoms. The van der Waals surface area contributed by atoms with Gasteiger partial charge in [-0.25, -0.2) is 0 Å². The normalized spacial score (nSPS) is 10.4. The third-order valence-electron chi connectivity index (χ3n) is 3.26. The van der Waals surface area contributed by atoms with Gasteiger partial charge in [0.25, 0.3) is 0 Å². The summed E-state index contributed by atoms with van der Waals surface area (Å²) in [7, 11) is 2.03. The van der Waals surface area contributed by atoms with Gasteiger partial charge in [-0.2, -0.15) is 0 Å². The van der Waals surface area contributed by atoms with Gasteiger partial charge in [0.15, 0.2) is 0 Å². The second kappa shape index (κ2) is 7.23. The SMILES string of the molecule is CCCOc1cc(N(C)Cc2ccccc2Cl)ccc1N. The van der Waals surface area contributed by atoms with Crippen molar-refractivity contribution >= 4 is 23.0 Å². The number of nitrogens with two attached hydrogens (primary N) is 1. The Morgan fingerprint density at radius 1 is 1.19 bits per heavy atom. The van der Waals surface area contributed by atoms with Gasteiger partial charge in [0, 0.05) is 30.4 Å². The van der Waals surface area contributed by atoms with Gasteiger partial charge in [-0.05, 0) is 30.2 Å². The molecule has 0 saturated carbocycles. The molecule has 2 N–H and O–H groups in total. The van der Waals surface area contributed by atoms with E-state index in [-0.39, 0.29) is 0 Å². The first-order valence-electron chi connectivity index (χ1n) is 7.08. The summed E-state index contributed by atoms with van der Waals surface area (Å²) in [4.78, 5) is 2.12. The van der Waals surface area contributed by atoms with Crippen LogP contribution in [0.4, 0.5) is 11.4 Å². The molecule has 2 aromatic rings. The van der Waals surface area contributed by atoms with Gasteiger partial charge in [-0.15, -0.1) is 0 Å². The molecule has 4 heteroatoms. The van der Waals surface area contributed by atoms with Crippen molar-refractivity contribution in [1.29, 1.82) is 0 Å². The third-order valence-corrected chi connectivity index (χ3v) is 3.63. The Balaban J connectivity index is 2.15. The molecule has 112 valence electrons. The molecule has 2 aromatic carbocycles. The number of hydrogen-bond donors (Lipinski definition) is 1. The zero-order chi connectivity index (χ0) is 15.2. The van der Waals surface area contributed by atoms with Gasteiger partial charge < -0.3 is 15.4 Å². The largest absolute Gasteiger partial charge is 0.491 e. The first kappa shape index (κ1) is 15.5. The van der Waals surface area contributed by atoms with Gasteiger partial charge in [-0.3, -0.25) is 0 Å². The number of halogens is 1. The van der Waals surface area contributed by atoms with Crippen LogP contribution in [0.2, 0.25) is 5.02 Å². The molecule has 0 aliphatic heterocycles. The highest BCUT2D eigenvalue weighted by molar-refractivity contribution is 6.31. The molecule has 2 rings (SSSR count). The zero-order valence-electron chi connectivity index (χ0n) is 12.5. The Labute approximate surface area is 131 Å². The number of anilines is 2. The second-order valence-electron chi connectivity index (χ2n) is 5.02. The van der Waals surface area contributed by atoms with Crippen molar-refractivity contribution in [2.75, 3.05) is 24.3 Å². The fraction of sp³-hybridized carbons (Fsp3) is 0.294. The Hall–Kier alpha value is -1.87. The summed E-state index contributed by atoms with van der Waals surface area (Å²) >= 11 is 6.21. The van der Waals surface area contributed by atoms with Crippen LogP contribution in [0.25, 0.3) is 0 Å². The van der Waals surface area contributed by atoms with Crippen LogP contribution in [0.5, 0.6) is 5.75 Å². The molecule has 0 fully saturated rings. The van der Waals surface area contributed by atoms with Gasteiger partial charge in [-0.1, -0.05) is 36.7 Å². The lowest BCUT2D eigenvalue weighted by atomic mass is 10.2. The van der Waals surface area contributed by atoms with E-state index in [2.05, 4.69) is 11.8 Å². The van der Waals surface area contributed by atoms with E-state index in [9.17, 15) is 0 Å². The lowest BCUT2D eigenvalue weighted by Gasteiger charge is -2.21. The highest BCUT2D eigenvalue weighted by Gasteiger charge is 2.08. The van der Waals surface area contributed by atoms with E-state index in [0.29, 0.717) is 12.3 Å². The molecular formula is C17H21ClN2O. The molecule has 3 nitrogen and oxygen atoms in total. The fourth-order valence-electron chi connectivity index (χ4n) is 2.07. The maximum Gasteiger partial charge on any atom is 0.144 e. The summed E-state index contributed by atoms with van der Waals surface area (Å²) in [6.07, 6.45) is 0.957. The number of rotatable bonds is 6. The van der Waals surface area contributed by atoms with Gasteiger partial charge in [0.1, 0.15) is 5.75 Å². The third kappa shape index (κ3) is 4.05. The van der Waals surface area contributed by atoms with Crippen LogP contribution in [0.1, 0.15) is 18.9 Å². The highest BCUT2D eigenvalue weighted by atomic mass is 35.5. The smallest absolute Gasteiger partial charge is 0.144 e. The van der Waals surface area contributed by atoms with E-state index in [1.807, 2.05) is 49.5 Å². The van der Waals surface area contributed by atoms with Crippen molar-refractivity contribution in [3.8, 4) is 5.75 Å². The van der Waals surface area contributed by atoms with E-state index in [0.717, 1.165) is 35.0 Å². The van der Waals surface area contributed by atoms with Crippen LogP contribution in [0.3, 0.4) is 0 Å². The Kier molecular flexibility index (Phi) is 5.34. The minimum Gasteiger partial charge on any atom is -0.491 e. The average molecular weight is 305 g/mol. The van der Waals surface area contributed by atoms with Crippen LogP contribution >= 0.6 is 11.6 Å². The van der Waals surface area contributed by atoms with Crippen LogP contribution in [0.15, 0.2) is 42.5 Å². The zero-order valence-corrected chi connectivity index (χ0v) is 13.2. The molecular weight excluding hydrogens is 284 g/mol. The lowest BCUT2D eigenvalue weighted by Crippen LogP contribution is -2.16. The number of benzene rings is 2. The van der Waals surface area contributed by atoms with Crippen LogP contribution in [-0.2, 0) is 6.54 Å². The van der Waals surface area contributed by atoms with E-state index in [1.165, 1.54) is 0 Å². The molecule has 0 unspecified atom stereocenters. The van der Waals surface area contributed by atoms with Gasteiger partial charge >= 0.3 is 0 Å². The van der Waals surface area contributed by atoms with Crippen molar-refractivity contribution in [1.82, 2.24) is 0 Å². The quantitative estimate of drug-likeness (QED) is 0.806. The van der Waals surface area contributed by atoms with Crippen LogP contribution in [-0.4, -0.2) is 13.7 Å². The minimum absolute atomic E-state index is 0.665. The summed E-state index contributed by atoms with van der Waals surface area (Å²) in [5, 5.41) is 0.780. The van der Waals surface area contributed by atoms with Crippen molar-refractivity contribution in [3.05, 3.63) is 53.1 Å². The molecule has 0 saturated heterocycles. The molecule has 0 aliphatic carbocycles. The number of nitrogens with zero attached hydrogens (tertiary/aromatic N) is 1. The van der Waals surface area contributed by atoms with Crippen molar-refractivity contribution < 1.29 is 4.74 Å². The fourth-order valence-corrected chi connectivity index (χ4v) is 2.27. The van der Waals surface area contributed by atoms with Crippen molar-refractivity contribution in [3.63, 3.8) is 0 Å². The van der Waals surface area contributed by atoms with E-state index in [4.69, 9.17) is 22.1 Å².